The van der Waals surface area contributed by atoms with Gasteiger partial charge in [-0.2, -0.15) is 0 Å². The highest BCUT2D eigenvalue weighted by molar-refractivity contribution is 6.10. The summed E-state index contributed by atoms with van der Waals surface area (Å²) in [7, 11) is 0. The fourth-order valence-electron chi connectivity index (χ4n) is 2.91. The van der Waals surface area contributed by atoms with E-state index in [9.17, 15) is 4.79 Å². The molecular formula is C16H14N4O. The Labute approximate surface area is 121 Å². The molecule has 2 aromatic carbocycles. The number of carbonyl (C=O) groups excluding carboxylic acids is 1. The molecule has 0 bridgehead atoms. The summed E-state index contributed by atoms with van der Waals surface area (Å²) >= 11 is 0. The van der Waals surface area contributed by atoms with Gasteiger partial charge in [-0.25, -0.2) is 4.98 Å². The van der Waals surface area contributed by atoms with E-state index in [-0.39, 0.29) is 5.91 Å². The van der Waals surface area contributed by atoms with Gasteiger partial charge in [-0.15, -0.1) is 0 Å². The van der Waals surface area contributed by atoms with Gasteiger partial charge in [0, 0.05) is 12.1 Å². The summed E-state index contributed by atoms with van der Waals surface area (Å²) in [6.07, 6.45) is 2.47. The third-order valence-electron chi connectivity index (χ3n) is 3.94. The molecule has 0 atom stereocenters. The van der Waals surface area contributed by atoms with Crippen LogP contribution in [-0.2, 0) is 6.42 Å². The lowest BCUT2D eigenvalue weighted by Crippen LogP contribution is -2.29. The molecule has 2 heterocycles. The second kappa shape index (κ2) is 4.34. The summed E-state index contributed by atoms with van der Waals surface area (Å²) in [5.74, 6) is -0.0249. The summed E-state index contributed by atoms with van der Waals surface area (Å²) in [4.78, 5) is 21.7. The van der Waals surface area contributed by atoms with Crippen LogP contribution in [0.2, 0.25) is 0 Å². The summed E-state index contributed by atoms with van der Waals surface area (Å²) in [5, 5.41) is 0. The first-order valence-electron chi connectivity index (χ1n) is 6.86. The number of aromatic nitrogens is 2. The van der Waals surface area contributed by atoms with Gasteiger partial charge in [0.1, 0.15) is 0 Å². The van der Waals surface area contributed by atoms with Crippen molar-refractivity contribution < 1.29 is 4.79 Å². The van der Waals surface area contributed by atoms with Crippen LogP contribution in [0.1, 0.15) is 15.9 Å². The zero-order chi connectivity index (χ0) is 14.4. The lowest BCUT2D eigenvalue weighted by molar-refractivity contribution is 0.0989. The average molecular weight is 278 g/mol. The van der Waals surface area contributed by atoms with E-state index in [1.54, 1.807) is 11.2 Å². The van der Waals surface area contributed by atoms with Gasteiger partial charge in [0.25, 0.3) is 5.91 Å². The van der Waals surface area contributed by atoms with E-state index in [1.807, 2.05) is 36.4 Å². The van der Waals surface area contributed by atoms with Crippen molar-refractivity contribution in [3.8, 4) is 0 Å². The van der Waals surface area contributed by atoms with E-state index < -0.39 is 0 Å². The molecule has 3 aromatic rings. The topological polar surface area (TPSA) is 75.0 Å². The van der Waals surface area contributed by atoms with Gasteiger partial charge < -0.3 is 15.6 Å². The number of amides is 1. The molecule has 1 aliphatic rings. The second-order valence-electron chi connectivity index (χ2n) is 5.20. The average Bonchev–Trinajstić information content (AvgIpc) is 3.13. The van der Waals surface area contributed by atoms with E-state index >= 15 is 0 Å². The van der Waals surface area contributed by atoms with Crippen molar-refractivity contribution in [2.45, 2.75) is 6.42 Å². The Morgan fingerprint density at radius 2 is 2.19 bits per heavy atom. The number of rotatable bonds is 1. The number of hydrogen-bond donors (Lipinski definition) is 2. The molecule has 3 N–H and O–H groups in total. The molecule has 0 fully saturated rings. The first kappa shape index (κ1) is 12.0. The number of nitrogens with one attached hydrogen (secondary N) is 1. The molecular weight excluding hydrogens is 264 g/mol. The fourth-order valence-corrected chi connectivity index (χ4v) is 2.91. The van der Waals surface area contributed by atoms with Crippen LogP contribution < -0.4 is 10.6 Å². The predicted octanol–water partition coefficient (Wildman–Crippen LogP) is 2.35. The van der Waals surface area contributed by atoms with Gasteiger partial charge in [0.15, 0.2) is 0 Å². The smallest absolute Gasteiger partial charge is 0.258 e. The highest BCUT2D eigenvalue weighted by Gasteiger charge is 2.27. The number of imidazole rings is 1. The van der Waals surface area contributed by atoms with Crippen molar-refractivity contribution >= 4 is 28.3 Å². The second-order valence-corrected chi connectivity index (χ2v) is 5.20. The van der Waals surface area contributed by atoms with Gasteiger partial charge in [-0.05, 0) is 36.2 Å². The van der Waals surface area contributed by atoms with Crippen LogP contribution in [0.4, 0.5) is 11.4 Å². The van der Waals surface area contributed by atoms with E-state index in [4.69, 9.17) is 5.73 Å². The zero-order valence-electron chi connectivity index (χ0n) is 11.3. The van der Waals surface area contributed by atoms with Crippen LogP contribution in [-0.4, -0.2) is 22.4 Å². The summed E-state index contributed by atoms with van der Waals surface area (Å²) in [5.41, 5.74) is 11.0. The maximum absolute atomic E-state index is 12.8. The minimum atomic E-state index is -0.0249. The zero-order valence-corrected chi connectivity index (χ0v) is 11.3. The normalized spacial score (nSPS) is 13.6. The Bertz CT molecular complexity index is 852. The van der Waals surface area contributed by atoms with Crippen molar-refractivity contribution in [3.63, 3.8) is 0 Å². The standard InChI is InChI=1S/C16H14N4O/c17-12-3-1-2-10-6-7-20(15(10)12)16(21)11-4-5-13-14(8-11)19-9-18-13/h1-5,8-9H,6-7,17H2,(H,18,19). The number of aromatic amines is 1. The largest absolute Gasteiger partial charge is 0.397 e. The first-order valence-corrected chi connectivity index (χ1v) is 6.86. The molecule has 0 radical (unpaired) electrons. The SMILES string of the molecule is Nc1cccc2c1N(C(=O)c1ccc3nc[nH]c3c1)CC2. The Balaban J connectivity index is 1.76. The van der Waals surface area contributed by atoms with E-state index in [0.717, 1.165) is 28.7 Å². The van der Waals surface area contributed by atoms with Crippen LogP contribution in [0.15, 0.2) is 42.7 Å². The van der Waals surface area contributed by atoms with Gasteiger partial charge >= 0.3 is 0 Å². The third-order valence-corrected chi connectivity index (χ3v) is 3.94. The minimum absolute atomic E-state index is 0.0249. The number of anilines is 2. The molecule has 0 spiro atoms. The van der Waals surface area contributed by atoms with Crippen molar-refractivity contribution in [2.24, 2.45) is 0 Å². The number of benzene rings is 2. The lowest BCUT2D eigenvalue weighted by Gasteiger charge is -2.19. The van der Waals surface area contributed by atoms with Gasteiger partial charge in [-0.1, -0.05) is 12.1 Å². The van der Waals surface area contributed by atoms with E-state index in [2.05, 4.69) is 9.97 Å². The van der Waals surface area contributed by atoms with Crippen molar-refractivity contribution in [3.05, 3.63) is 53.9 Å². The minimum Gasteiger partial charge on any atom is -0.397 e. The monoisotopic (exact) mass is 278 g/mol. The highest BCUT2D eigenvalue weighted by atomic mass is 16.2. The van der Waals surface area contributed by atoms with Crippen LogP contribution in [0.5, 0.6) is 0 Å². The quantitative estimate of drug-likeness (QED) is 0.671. The highest BCUT2D eigenvalue weighted by Crippen LogP contribution is 2.34. The number of nitrogens with zero attached hydrogens (tertiary/aromatic N) is 2. The maximum atomic E-state index is 12.8. The Kier molecular flexibility index (Phi) is 2.47. The molecule has 1 aliphatic heterocycles. The van der Waals surface area contributed by atoms with Crippen molar-refractivity contribution in [1.82, 2.24) is 9.97 Å². The molecule has 0 saturated carbocycles. The summed E-state index contributed by atoms with van der Waals surface area (Å²) in [6, 6.07) is 11.3. The number of carbonyl (C=O) groups is 1. The molecule has 104 valence electrons. The molecule has 4 rings (SSSR count). The van der Waals surface area contributed by atoms with Gasteiger partial charge in [0.05, 0.1) is 28.7 Å². The van der Waals surface area contributed by atoms with Crippen molar-refractivity contribution in [1.29, 1.82) is 0 Å². The van der Waals surface area contributed by atoms with Crippen LogP contribution >= 0.6 is 0 Å². The number of fused-ring (bicyclic) bond motifs is 2. The van der Waals surface area contributed by atoms with E-state index in [1.165, 1.54) is 0 Å². The van der Waals surface area contributed by atoms with Crippen LogP contribution in [0.25, 0.3) is 11.0 Å². The van der Waals surface area contributed by atoms with Gasteiger partial charge in [-0.3, -0.25) is 4.79 Å². The molecule has 5 heteroatoms. The lowest BCUT2D eigenvalue weighted by atomic mass is 10.1. The number of para-hydroxylation sites is 1. The molecule has 0 aliphatic carbocycles. The predicted molar refractivity (Wildman–Crippen MR) is 82.3 cm³/mol. The van der Waals surface area contributed by atoms with Crippen molar-refractivity contribution in [2.75, 3.05) is 17.2 Å². The number of H-pyrrole nitrogens is 1. The Hall–Kier alpha value is -2.82. The number of hydrogen-bond acceptors (Lipinski definition) is 3. The summed E-state index contributed by atoms with van der Waals surface area (Å²) in [6.45, 7) is 0.670. The molecule has 0 unspecified atom stereocenters. The molecule has 5 nitrogen and oxygen atoms in total. The Morgan fingerprint density at radius 3 is 3.10 bits per heavy atom. The Morgan fingerprint density at radius 1 is 1.29 bits per heavy atom. The fraction of sp³-hybridized carbons (Fsp3) is 0.125. The maximum Gasteiger partial charge on any atom is 0.258 e. The number of nitrogen functional groups attached to an aromatic ring is 1. The van der Waals surface area contributed by atoms with Crippen LogP contribution in [0.3, 0.4) is 0 Å². The number of nitrogens with two attached hydrogens (primary N) is 1. The van der Waals surface area contributed by atoms with E-state index in [0.29, 0.717) is 17.8 Å². The molecule has 1 aromatic heterocycles. The van der Waals surface area contributed by atoms with Gasteiger partial charge in [0.2, 0.25) is 0 Å². The molecule has 0 saturated heterocycles. The van der Waals surface area contributed by atoms with Crippen LogP contribution in [0, 0.1) is 0 Å². The third kappa shape index (κ3) is 1.78. The molecule has 21 heavy (non-hydrogen) atoms. The first-order chi connectivity index (χ1) is 10.2. The summed E-state index contributed by atoms with van der Waals surface area (Å²) < 4.78 is 0. The molecule has 1 amide bonds.